The number of ether oxygens (including phenoxy) is 1. The van der Waals surface area contributed by atoms with Crippen molar-refractivity contribution in [2.24, 2.45) is 0 Å². The molecular weight excluding hydrogens is 206 g/mol. The summed E-state index contributed by atoms with van der Waals surface area (Å²) < 4.78 is 5.50. The summed E-state index contributed by atoms with van der Waals surface area (Å²) in [6.07, 6.45) is 0.163. The smallest absolute Gasteiger partial charge is 0.317 e. The zero-order chi connectivity index (χ0) is 12.0. The molecule has 0 saturated carbocycles. The third kappa shape index (κ3) is 4.79. The van der Waals surface area contributed by atoms with E-state index in [2.05, 4.69) is 5.32 Å². The third-order valence-electron chi connectivity index (χ3n) is 1.90. The van der Waals surface area contributed by atoms with Crippen molar-refractivity contribution in [1.29, 1.82) is 0 Å². The summed E-state index contributed by atoms with van der Waals surface area (Å²) in [7, 11) is 0. The number of nitrogens with one attached hydrogen (secondary N) is 1. The van der Waals surface area contributed by atoms with E-state index < -0.39 is 5.97 Å². The average molecular weight is 223 g/mol. The molecule has 1 aromatic carbocycles. The maximum atomic E-state index is 10.3. The van der Waals surface area contributed by atoms with E-state index in [0.717, 1.165) is 11.3 Å². The Hall–Kier alpha value is -1.55. The highest BCUT2D eigenvalue weighted by Crippen LogP contribution is 2.13. The van der Waals surface area contributed by atoms with Crippen LogP contribution in [0.2, 0.25) is 0 Å². The molecule has 0 unspecified atom stereocenters. The van der Waals surface area contributed by atoms with Gasteiger partial charge in [0.25, 0.3) is 0 Å². The zero-order valence-electron chi connectivity index (χ0n) is 9.56. The Balaban J connectivity index is 2.42. The molecular formula is C12H17NO3. The lowest BCUT2D eigenvalue weighted by atomic mass is 10.2. The lowest BCUT2D eigenvalue weighted by Gasteiger charge is -2.10. The molecule has 0 aliphatic carbocycles. The molecule has 1 rings (SSSR count). The van der Waals surface area contributed by atoms with Crippen LogP contribution >= 0.6 is 0 Å². The summed E-state index contributed by atoms with van der Waals surface area (Å²) >= 11 is 0. The summed E-state index contributed by atoms with van der Waals surface area (Å²) in [6.45, 7) is 4.48. The number of carboxylic acids is 1. The number of carboxylic acid groups (broad SMARTS) is 1. The Labute approximate surface area is 95.2 Å². The van der Waals surface area contributed by atoms with Gasteiger partial charge in [0.05, 0.1) is 12.6 Å². The van der Waals surface area contributed by atoms with Crippen LogP contribution in [0.15, 0.2) is 24.3 Å². The highest BCUT2D eigenvalue weighted by Gasteiger charge is 1.99. The quantitative estimate of drug-likeness (QED) is 0.769. The second-order valence-corrected chi connectivity index (χ2v) is 3.81. The predicted molar refractivity (Wildman–Crippen MR) is 61.5 cm³/mol. The lowest BCUT2D eigenvalue weighted by molar-refractivity contribution is -0.135. The highest BCUT2D eigenvalue weighted by atomic mass is 16.5. The molecule has 0 amide bonds. The molecule has 0 aromatic heterocycles. The van der Waals surface area contributed by atoms with E-state index in [-0.39, 0.29) is 12.6 Å². The molecule has 0 saturated heterocycles. The molecule has 0 heterocycles. The van der Waals surface area contributed by atoms with Gasteiger partial charge in [0.15, 0.2) is 0 Å². The Morgan fingerprint density at radius 2 is 2.00 bits per heavy atom. The van der Waals surface area contributed by atoms with Gasteiger partial charge in [-0.15, -0.1) is 0 Å². The van der Waals surface area contributed by atoms with E-state index in [1.807, 2.05) is 38.1 Å². The Morgan fingerprint density at radius 3 is 2.50 bits per heavy atom. The zero-order valence-corrected chi connectivity index (χ0v) is 9.56. The second-order valence-electron chi connectivity index (χ2n) is 3.81. The van der Waals surface area contributed by atoms with Crippen molar-refractivity contribution in [1.82, 2.24) is 5.32 Å². The van der Waals surface area contributed by atoms with Gasteiger partial charge in [0, 0.05) is 6.54 Å². The fourth-order valence-electron chi connectivity index (χ4n) is 1.27. The topological polar surface area (TPSA) is 58.6 Å². The minimum absolute atomic E-state index is 0.0236. The van der Waals surface area contributed by atoms with Crippen molar-refractivity contribution in [2.75, 3.05) is 6.54 Å². The summed E-state index contributed by atoms with van der Waals surface area (Å²) in [6, 6.07) is 7.62. The third-order valence-corrected chi connectivity index (χ3v) is 1.90. The summed E-state index contributed by atoms with van der Waals surface area (Å²) in [5.74, 6) is -0.0169. The normalized spacial score (nSPS) is 10.4. The van der Waals surface area contributed by atoms with E-state index in [1.54, 1.807) is 0 Å². The molecule has 4 nitrogen and oxygen atoms in total. The van der Waals surface area contributed by atoms with E-state index in [0.29, 0.717) is 6.54 Å². The first-order valence-electron chi connectivity index (χ1n) is 5.26. The fraction of sp³-hybridized carbons (Fsp3) is 0.417. The Kier molecular flexibility index (Phi) is 4.79. The molecule has 2 N–H and O–H groups in total. The number of benzene rings is 1. The SMILES string of the molecule is CC(C)Oc1ccc(CNCC(=O)O)cc1. The molecule has 0 atom stereocenters. The Bertz CT molecular complexity index is 333. The molecule has 0 aliphatic rings. The summed E-state index contributed by atoms with van der Waals surface area (Å²) in [5, 5.41) is 11.3. The van der Waals surface area contributed by atoms with Gasteiger partial charge in [-0.05, 0) is 31.5 Å². The van der Waals surface area contributed by atoms with E-state index >= 15 is 0 Å². The predicted octanol–water partition coefficient (Wildman–Crippen LogP) is 1.65. The second kappa shape index (κ2) is 6.12. The van der Waals surface area contributed by atoms with Crippen molar-refractivity contribution < 1.29 is 14.6 Å². The van der Waals surface area contributed by atoms with Crippen molar-refractivity contribution in [3.8, 4) is 5.75 Å². The minimum Gasteiger partial charge on any atom is -0.491 e. The van der Waals surface area contributed by atoms with Gasteiger partial charge in [0.2, 0.25) is 0 Å². The van der Waals surface area contributed by atoms with Gasteiger partial charge in [0.1, 0.15) is 5.75 Å². The fourth-order valence-corrected chi connectivity index (χ4v) is 1.27. The van der Waals surface area contributed by atoms with Crippen LogP contribution in [0.3, 0.4) is 0 Å². The van der Waals surface area contributed by atoms with Gasteiger partial charge in [-0.2, -0.15) is 0 Å². The Morgan fingerprint density at radius 1 is 1.38 bits per heavy atom. The van der Waals surface area contributed by atoms with Crippen LogP contribution in [0.1, 0.15) is 19.4 Å². The summed E-state index contributed by atoms with van der Waals surface area (Å²) in [4.78, 5) is 10.3. The highest BCUT2D eigenvalue weighted by molar-refractivity contribution is 5.68. The number of hydrogen-bond acceptors (Lipinski definition) is 3. The van der Waals surface area contributed by atoms with Gasteiger partial charge in [-0.1, -0.05) is 12.1 Å². The van der Waals surface area contributed by atoms with Crippen LogP contribution in [0, 0.1) is 0 Å². The molecule has 88 valence electrons. The molecule has 0 bridgehead atoms. The van der Waals surface area contributed by atoms with Crippen molar-refractivity contribution in [3.63, 3.8) is 0 Å². The molecule has 16 heavy (non-hydrogen) atoms. The number of hydrogen-bond donors (Lipinski definition) is 2. The first kappa shape index (κ1) is 12.5. The number of carbonyl (C=O) groups is 1. The molecule has 4 heteroatoms. The first-order valence-corrected chi connectivity index (χ1v) is 5.26. The van der Waals surface area contributed by atoms with Crippen LogP contribution in [0.25, 0.3) is 0 Å². The molecule has 0 spiro atoms. The largest absolute Gasteiger partial charge is 0.491 e. The van der Waals surface area contributed by atoms with E-state index in [1.165, 1.54) is 0 Å². The minimum atomic E-state index is -0.847. The molecule has 0 radical (unpaired) electrons. The van der Waals surface area contributed by atoms with E-state index in [4.69, 9.17) is 9.84 Å². The van der Waals surface area contributed by atoms with Gasteiger partial charge in [-0.25, -0.2) is 0 Å². The molecule has 0 aliphatic heterocycles. The maximum absolute atomic E-state index is 10.3. The standard InChI is InChI=1S/C12H17NO3/c1-9(2)16-11-5-3-10(4-6-11)7-13-8-12(14)15/h3-6,9,13H,7-8H2,1-2H3,(H,14,15). The van der Waals surface area contributed by atoms with Crippen LogP contribution in [-0.4, -0.2) is 23.7 Å². The average Bonchev–Trinajstić information content (AvgIpc) is 2.19. The number of rotatable bonds is 6. The molecule has 1 aromatic rings. The van der Waals surface area contributed by atoms with Crippen LogP contribution in [-0.2, 0) is 11.3 Å². The summed E-state index contributed by atoms with van der Waals surface area (Å²) in [5.41, 5.74) is 1.04. The van der Waals surface area contributed by atoms with Crippen molar-refractivity contribution >= 4 is 5.97 Å². The van der Waals surface area contributed by atoms with Crippen LogP contribution in [0.5, 0.6) is 5.75 Å². The van der Waals surface area contributed by atoms with Crippen LogP contribution in [0.4, 0.5) is 0 Å². The lowest BCUT2D eigenvalue weighted by Crippen LogP contribution is -2.21. The number of aliphatic carboxylic acids is 1. The van der Waals surface area contributed by atoms with Gasteiger partial charge < -0.3 is 15.2 Å². The van der Waals surface area contributed by atoms with E-state index in [9.17, 15) is 4.79 Å². The first-order chi connectivity index (χ1) is 7.58. The van der Waals surface area contributed by atoms with Gasteiger partial charge in [-0.3, -0.25) is 4.79 Å². The van der Waals surface area contributed by atoms with Crippen molar-refractivity contribution in [3.05, 3.63) is 29.8 Å². The maximum Gasteiger partial charge on any atom is 0.317 e. The monoisotopic (exact) mass is 223 g/mol. The van der Waals surface area contributed by atoms with Crippen LogP contribution < -0.4 is 10.1 Å². The van der Waals surface area contributed by atoms with Gasteiger partial charge >= 0.3 is 5.97 Å². The molecule has 0 fully saturated rings. The van der Waals surface area contributed by atoms with Crippen molar-refractivity contribution in [2.45, 2.75) is 26.5 Å².